The van der Waals surface area contributed by atoms with Gasteiger partial charge in [-0.05, 0) is 96.1 Å². The van der Waals surface area contributed by atoms with Crippen molar-refractivity contribution in [1.29, 1.82) is 0 Å². The molecule has 0 atom stereocenters. The number of aldehydes is 2. The molecule has 0 fully saturated rings. The Hall–Kier alpha value is -5.36. The summed E-state index contributed by atoms with van der Waals surface area (Å²) in [5.74, 6) is 0.798. The van der Waals surface area contributed by atoms with Gasteiger partial charge in [-0.1, -0.05) is 36.4 Å². The van der Waals surface area contributed by atoms with Crippen LogP contribution in [0.5, 0.6) is 5.75 Å². The number of hydrogen-bond donors (Lipinski definition) is 0. The second-order valence-corrected chi connectivity index (χ2v) is 9.60. The third kappa shape index (κ3) is 5.97. The molecular formula is C35H31N3O3. The Kier molecular flexibility index (Phi) is 8.11. The second kappa shape index (κ2) is 12.2. The van der Waals surface area contributed by atoms with Crippen LogP contribution in [-0.2, 0) is 14.1 Å². The lowest BCUT2D eigenvalue weighted by molar-refractivity contribution is 0.110. The van der Waals surface area contributed by atoms with Gasteiger partial charge in [0.1, 0.15) is 5.75 Å². The molecule has 5 rings (SSSR count). The van der Waals surface area contributed by atoms with Crippen LogP contribution in [0.1, 0.15) is 43.5 Å². The fraction of sp³-hybridized carbons (Fsp3) is 0.0857. The number of ether oxygens (including phenoxy) is 1. The Morgan fingerprint density at radius 2 is 0.878 bits per heavy atom. The van der Waals surface area contributed by atoms with Gasteiger partial charge in [0, 0.05) is 42.5 Å². The van der Waals surface area contributed by atoms with Crippen molar-refractivity contribution in [2.24, 2.45) is 14.1 Å². The van der Waals surface area contributed by atoms with Crippen LogP contribution in [0.3, 0.4) is 0 Å². The first-order valence-electron chi connectivity index (χ1n) is 13.2. The molecule has 0 saturated carbocycles. The maximum absolute atomic E-state index is 11.1. The van der Waals surface area contributed by atoms with Gasteiger partial charge in [-0.15, -0.1) is 0 Å². The summed E-state index contributed by atoms with van der Waals surface area (Å²) in [4.78, 5) is 24.5. The van der Waals surface area contributed by atoms with Crippen molar-refractivity contribution in [2.75, 3.05) is 12.0 Å². The maximum atomic E-state index is 11.1. The zero-order chi connectivity index (χ0) is 28.8. The topological polar surface area (TPSA) is 56.5 Å². The minimum absolute atomic E-state index is 0.642. The zero-order valence-electron chi connectivity index (χ0n) is 23.3. The summed E-state index contributed by atoms with van der Waals surface area (Å²) in [6.45, 7) is 0. The predicted octanol–water partition coefficient (Wildman–Crippen LogP) is 7.81. The zero-order valence-corrected chi connectivity index (χ0v) is 23.3. The van der Waals surface area contributed by atoms with E-state index in [4.69, 9.17) is 4.74 Å². The van der Waals surface area contributed by atoms with Crippen molar-refractivity contribution in [3.05, 3.63) is 131 Å². The number of rotatable bonds is 10. The van der Waals surface area contributed by atoms with Crippen LogP contribution in [-0.4, -0.2) is 28.8 Å². The van der Waals surface area contributed by atoms with Gasteiger partial charge in [-0.25, -0.2) is 0 Å². The van der Waals surface area contributed by atoms with Crippen LogP contribution in [0.15, 0.2) is 97.1 Å². The van der Waals surface area contributed by atoms with Crippen molar-refractivity contribution < 1.29 is 14.3 Å². The molecule has 204 valence electrons. The lowest BCUT2D eigenvalue weighted by Gasteiger charge is -2.26. The van der Waals surface area contributed by atoms with E-state index in [1.165, 1.54) is 0 Å². The molecule has 0 amide bonds. The first-order valence-corrected chi connectivity index (χ1v) is 13.2. The van der Waals surface area contributed by atoms with Crippen molar-refractivity contribution >= 4 is 53.9 Å². The third-order valence-electron chi connectivity index (χ3n) is 7.17. The van der Waals surface area contributed by atoms with Gasteiger partial charge in [-0.3, -0.25) is 9.59 Å². The molecule has 2 aromatic heterocycles. The van der Waals surface area contributed by atoms with E-state index in [1.807, 2.05) is 96.1 Å². The maximum Gasteiger partial charge on any atom is 0.166 e. The van der Waals surface area contributed by atoms with E-state index in [1.54, 1.807) is 7.11 Å². The number of methoxy groups -OCH3 is 1. The first-order chi connectivity index (χ1) is 20.0. The number of nitrogens with zero attached hydrogens (tertiary/aromatic N) is 3. The van der Waals surface area contributed by atoms with Crippen molar-refractivity contribution in [2.45, 2.75) is 0 Å². The van der Waals surface area contributed by atoms with Crippen LogP contribution in [0.4, 0.5) is 17.1 Å². The lowest BCUT2D eigenvalue weighted by atomic mass is 10.1. The summed E-state index contributed by atoms with van der Waals surface area (Å²) in [6, 6.07) is 32.2. The number of anilines is 3. The molecule has 0 aliphatic carbocycles. The standard InChI is InChI=1S/C35H31N3O3/c1-36-28(16-18-33(36)24-39)10-4-26-6-12-30(13-7-26)38(32-20-22-35(41-3)23-21-32)31-14-8-27(9-15-31)5-11-29-17-19-34(25-40)37(29)2/h4-25H,1-3H3. The third-order valence-corrected chi connectivity index (χ3v) is 7.17. The van der Waals surface area contributed by atoms with E-state index in [-0.39, 0.29) is 0 Å². The number of aromatic nitrogens is 2. The fourth-order valence-corrected chi connectivity index (χ4v) is 4.67. The van der Waals surface area contributed by atoms with E-state index >= 15 is 0 Å². The molecule has 0 aliphatic rings. The molecule has 6 nitrogen and oxygen atoms in total. The minimum atomic E-state index is 0.642. The summed E-state index contributed by atoms with van der Waals surface area (Å²) in [5, 5.41) is 0. The van der Waals surface area contributed by atoms with E-state index < -0.39 is 0 Å². The lowest BCUT2D eigenvalue weighted by Crippen LogP contribution is -2.09. The largest absolute Gasteiger partial charge is 0.497 e. The van der Waals surface area contributed by atoms with Gasteiger partial charge < -0.3 is 18.8 Å². The van der Waals surface area contributed by atoms with E-state index in [0.717, 1.165) is 57.9 Å². The highest BCUT2D eigenvalue weighted by Gasteiger charge is 2.13. The highest BCUT2D eigenvalue weighted by Crippen LogP contribution is 2.35. The van der Waals surface area contributed by atoms with Crippen molar-refractivity contribution in [1.82, 2.24) is 9.13 Å². The van der Waals surface area contributed by atoms with Gasteiger partial charge in [0.25, 0.3) is 0 Å². The summed E-state index contributed by atoms with van der Waals surface area (Å²) in [5.41, 5.74) is 8.35. The van der Waals surface area contributed by atoms with Gasteiger partial charge in [0.2, 0.25) is 0 Å². The molecule has 2 heterocycles. The normalized spacial score (nSPS) is 11.3. The van der Waals surface area contributed by atoms with Gasteiger partial charge in [0.05, 0.1) is 18.5 Å². The molecule has 0 N–H and O–H groups in total. The Balaban J connectivity index is 1.42. The average molecular weight is 542 g/mol. The van der Waals surface area contributed by atoms with E-state index in [2.05, 4.69) is 53.4 Å². The molecule has 5 aromatic rings. The summed E-state index contributed by atoms with van der Waals surface area (Å²) < 4.78 is 9.11. The molecule has 3 aromatic carbocycles. The number of carbonyl (C=O) groups is 2. The van der Waals surface area contributed by atoms with Gasteiger partial charge in [0.15, 0.2) is 12.6 Å². The fourth-order valence-electron chi connectivity index (χ4n) is 4.67. The molecule has 0 bridgehead atoms. The van der Waals surface area contributed by atoms with Crippen LogP contribution in [0.25, 0.3) is 24.3 Å². The Morgan fingerprint density at radius 1 is 0.512 bits per heavy atom. The van der Waals surface area contributed by atoms with Crippen LogP contribution in [0.2, 0.25) is 0 Å². The van der Waals surface area contributed by atoms with Gasteiger partial charge in [-0.2, -0.15) is 0 Å². The van der Waals surface area contributed by atoms with Crippen molar-refractivity contribution in [3.63, 3.8) is 0 Å². The molecule has 0 spiro atoms. The Bertz CT molecular complexity index is 1600. The molecule has 0 radical (unpaired) electrons. The Labute approximate surface area is 240 Å². The summed E-state index contributed by atoms with van der Waals surface area (Å²) in [6.07, 6.45) is 9.80. The number of carbonyl (C=O) groups excluding carboxylic acids is 2. The SMILES string of the molecule is COc1ccc(N(c2ccc(C=Cc3ccc(C=O)n3C)cc2)c2ccc(C=Cc3ccc(C=O)n3C)cc2)cc1. The molecule has 0 unspecified atom stereocenters. The van der Waals surface area contributed by atoms with Crippen LogP contribution < -0.4 is 9.64 Å². The highest BCUT2D eigenvalue weighted by atomic mass is 16.5. The first kappa shape index (κ1) is 27.2. The molecular weight excluding hydrogens is 510 g/mol. The smallest absolute Gasteiger partial charge is 0.166 e. The number of hydrogen-bond acceptors (Lipinski definition) is 4. The Morgan fingerprint density at radius 3 is 1.22 bits per heavy atom. The number of benzene rings is 3. The predicted molar refractivity (Wildman–Crippen MR) is 167 cm³/mol. The molecule has 41 heavy (non-hydrogen) atoms. The highest BCUT2D eigenvalue weighted by molar-refractivity contribution is 5.80. The average Bonchev–Trinajstić information content (AvgIpc) is 3.57. The van der Waals surface area contributed by atoms with Crippen molar-refractivity contribution in [3.8, 4) is 5.75 Å². The monoisotopic (exact) mass is 541 g/mol. The van der Waals surface area contributed by atoms with Crippen LogP contribution in [0, 0.1) is 0 Å². The van der Waals surface area contributed by atoms with Crippen LogP contribution >= 0.6 is 0 Å². The summed E-state index contributed by atoms with van der Waals surface area (Å²) in [7, 11) is 5.42. The molecule has 6 heteroatoms. The quantitative estimate of drug-likeness (QED) is 0.169. The molecule has 0 saturated heterocycles. The summed E-state index contributed by atoms with van der Waals surface area (Å²) >= 11 is 0. The molecule has 0 aliphatic heterocycles. The second-order valence-electron chi connectivity index (χ2n) is 9.60. The minimum Gasteiger partial charge on any atom is -0.497 e. The van der Waals surface area contributed by atoms with E-state index in [0.29, 0.717) is 11.4 Å². The van der Waals surface area contributed by atoms with E-state index in [9.17, 15) is 9.59 Å². The van der Waals surface area contributed by atoms with Gasteiger partial charge >= 0.3 is 0 Å².